The highest BCUT2D eigenvalue weighted by Gasteiger charge is 2.27. The molecule has 0 aliphatic carbocycles. The number of hydrogen-bond donors (Lipinski definition) is 1. The molecule has 166 valence electrons. The number of anilines is 1. The van der Waals surface area contributed by atoms with E-state index in [0.717, 1.165) is 48.0 Å². The second-order valence-electron chi connectivity index (χ2n) is 8.05. The number of piperidine rings is 1. The molecule has 1 aliphatic heterocycles. The van der Waals surface area contributed by atoms with Crippen molar-refractivity contribution < 1.29 is 18.3 Å². The summed E-state index contributed by atoms with van der Waals surface area (Å²) in [6.45, 7) is 1.55. The van der Waals surface area contributed by atoms with Gasteiger partial charge in [-0.25, -0.2) is 8.78 Å². The van der Waals surface area contributed by atoms with E-state index in [-0.39, 0.29) is 18.4 Å². The first-order valence-corrected chi connectivity index (χ1v) is 10.7. The molecule has 3 aromatic rings. The van der Waals surface area contributed by atoms with Crippen LogP contribution in [0.4, 0.5) is 14.5 Å². The SMILES string of the molecule is COc1ccc(-c2ccccc2NC(=O)[C@H]2CCCN(Cc3cccc(F)c3F)C2)cc1. The molecule has 4 rings (SSSR count). The summed E-state index contributed by atoms with van der Waals surface area (Å²) in [6.07, 6.45) is 1.59. The van der Waals surface area contributed by atoms with Gasteiger partial charge < -0.3 is 10.1 Å². The van der Waals surface area contributed by atoms with Crippen molar-refractivity contribution in [1.29, 1.82) is 0 Å². The highest BCUT2D eigenvalue weighted by molar-refractivity contribution is 5.97. The number of nitrogens with zero attached hydrogens (tertiary/aromatic N) is 1. The van der Waals surface area contributed by atoms with Gasteiger partial charge in [-0.15, -0.1) is 0 Å². The molecule has 0 unspecified atom stereocenters. The maximum atomic E-state index is 14.1. The van der Waals surface area contributed by atoms with Crippen molar-refractivity contribution in [2.75, 3.05) is 25.5 Å². The highest BCUT2D eigenvalue weighted by Crippen LogP contribution is 2.30. The number of hydrogen-bond acceptors (Lipinski definition) is 3. The summed E-state index contributed by atoms with van der Waals surface area (Å²) in [5.74, 6) is -1.16. The molecule has 0 aromatic heterocycles. The minimum Gasteiger partial charge on any atom is -0.497 e. The van der Waals surface area contributed by atoms with Crippen molar-refractivity contribution in [2.24, 2.45) is 5.92 Å². The Hall–Kier alpha value is -3.25. The molecule has 32 heavy (non-hydrogen) atoms. The van der Waals surface area contributed by atoms with E-state index in [2.05, 4.69) is 5.32 Å². The molecule has 1 heterocycles. The Balaban J connectivity index is 1.45. The van der Waals surface area contributed by atoms with Crippen molar-refractivity contribution in [2.45, 2.75) is 19.4 Å². The van der Waals surface area contributed by atoms with E-state index in [1.807, 2.05) is 53.4 Å². The third-order valence-electron chi connectivity index (χ3n) is 5.89. The topological polar surface area (TPSA) is 41.6 Å². The summed E-state index contributed by atoms with van der Waals surface area (Å²) < 4.78 is 32.8. The first-order chi connectivity index (χ1) is 15.5. The molecule has 1 N–H and O–H groups in total. The van der Waals surface area contributed by atoms with Crippen LogP contribution in [-0.4, -0.2) is 31.0 Å². The Morgan fingerprint density at radius 1 is 1.06 bits per heavy atom. The molecule has 1 aliphatic rings. The summed E-state index contributed by atoms with van der Waals surface area (Å²) >= 11 is 0. The maximum absolute atomic E-state index is 14.1. The van der Waals surface area contributed by atoms with Gasteiger partial charge in [0.1, 0.15) is 5.75 Å². The van der Waals surface area contributed by atoms with E-state index in [0.29, 0.717) is 12.1 Å². The minimum absolute atomic E-state index is 0.0598. The second kappa shape index (κ2) is 9.92. The van der Waals surface area contributed by atoms with Crippen molar-refractivity contribution in [3.8, 4) is 16.9 Å². The molecular formula is C26H26F2N2O2. The van der Waals surface area contributed by atoms with Crippen molar-refractivity contribution in [1.82, 2.24) is 4.90 Å². The Labute approximate surface area is 186 Å². The van der Waals surface area contributed by atoms with Crippen LogP contribution in [0.15, 0.2) is 66.7 Å². The second-order valence-corrected chi connectivity index (χ2v) is 8.05. The number of carbonyl (C=O) groups is 1. The Morgan fingerprint density at radius 3 is 2.62 bits per heavy atom. The normalized spacial score (nSPS) is 16.5. The van der Waals surface area contributed by atoms with Crippen LogP contribution in [0, 0.1) is 17.6 Å². The molecule has 3 aromatic carbocycles. The van der Waals surface area contributed by atoms with Crippen LogP contribution < -0.4 is 10.1 Å². The van der Waals surface area contributed by atoms with Gasteiger partial charge >= 0.3 is 0 Å². The molecule has 0 bridgehead atoms. The molecule has 6 heteroatoms. The zero-order valence-electron chi connectivity index (χ0n) is 18.0. The van der Waals surface area contributed by atoms with Crippen LogP contribution in [0.1, 0.15) is 18.4 Å². The lowest BCUT2D eigenvalue weighted by atomic mass is 9.96. The molecule has 0 saturated carbocycles. The van der Waals surface area contributed by atoms with Gasteiger partial charge in [0.05, 0.1) is 13.0 Å². The number of rotatable bonds is 6. The van der Waals surface area contributed by atoms with Crippen LogP contribution in [0.25, 0.3) is 11.1 Å². The van der Waals surface area contributed by atoms with Gasteiger partial charge in [0.2, 0.25) is 5.91 Å². The van der Waals surface area contributed by atoms with Gasteiger partial charge in [-0.1, -0.05) is 42.5 Å². The lowest BCUT2D eigenvalue weighted by Gasteiger charge is -2.32. The van der Waals surface area contributed by atoms with Crippen molar-refractivity contribution >= 4 is 11.6 Å². The molecule has 0 spiro atoms. The standard InChI is InChI=1S/C26H26F2N2O2/c1-32-21-13-11-18(12-14-21)22-8-2-3-10-24(22)29-26(31)20-7-5-15-30(17-20)16-19-6-4-9-23(27)25(19)28/h2-4,6,8-14,20H,5,7,15-17H2,1H3,(H,29,31)/t20-/m0/s1. The average Bonchev–Trinajstić information content (AvgIpc) is 2.83. The molecular weight excluding hydrogens is 410 g/mol. The van der Waals surface area contributed by atoms with Crippen LogP contribution in [0.2, 0.25) is 0 Å². The number of carbonyl (C=O) groups excluding carboxylic acids is 1. The van der Waals surface area contributed by atoms with E-state index < -0.39 is 11.6 Å². The number of methoxy groups -OCH3 is 1. The van der Waals surface area contributed by atoms with Gasteiger partial charge in [-0.05, 0) is 49.2 Å². The number of ether oxygens (including phenoxy) is 1. The van der Waals surface area contributed by atoms with Crippen molar-refractivity contribution in [3.63, 3.8) is 0 Å². The zero-order chi connectivity index (χ0) is 22.5. The molecule has 4 nitrogen and oxygen atoms in total. The van der Waals surface area contributed by atoms with Gasteiger partial charge in [0, 0.05) is 29.9 Å². The predicted octanol–water partition coefficient (Wildman–Crippen LogP) is 5.49. The molecule has 0 radical (unpaired) electrons. The van der Waals surface area contributed by atoms with Gasteiger partial charge in [-0.2, -0.15) is 0 Å². The van der Waals surface area contributed by atoms with Crippen LogP contribution in [-0.2, 0) is 11.3 Å². The van der Waals surface area contributed by atoms with Crippen LogP contribution in [0.3, 0.4) is 0 Å². The summed E-state index contributed by atoms with van der Waals surface area (Å²) in [5.41, 5.74) is 2.97. The fourth-order valence-corrected chi connectivity index (χ4v) is 4.17. The van der Waals surface area contributed by atoms with Crippen LogP contribution >= 0.6 is 0 Å². The average molecular weight is 437 g/mol. The number of nitrogens with one attached hydrogen (secondary N) is 1. The first kappa shape index (κ1) is 22.0. The number of amides is 1. The minimum atomic E-state index is -0.844. The predicted molar refractivity (Wildman–Crippen MR) is 121 cm³/mol. The fourth-order valence-electron chi connectivity index (χ4n) is 4.17. The molecule has 1 saturated heterocycles. The summed E-state index contributed by atoms with van der Waals surface area (Å²) in [4.78, 5) is 15.1. The molecule has 1 fully saturated rings. The number of halogens is 2. The summed E-state index contributed by atoms with van der Waals surface area (Å²) in [7, 11) is 1.62. The maximum Gasteiger partial charge on any atom is 0.228 e. The third-order valence-corrected chi connectivity index (χ3v) is 5.89. The molecule has 1 amide bonds. The number of para-hydroxylation sites is 1. The van der Waals surface area contributed by atoms with Gasteiger partial charge in [0.25, 0.3) is 0 Å². The Kier molecular flexibility index (Phi) is 6.81. The largest absolute Gasteiger partial charge is 0.497 e. The molecule has 1 atom stereocenters. The quantitative estimate of drug-likeness (QED) is 0.556. The Bertz CT molecular complexity index is 1090. The van der Waals surface area contributed by atoms with E-state index in [1.165, 1.54) is 6.07 Å². The van der Waals surface area contributed by atoms with E-state index in [1.54, 1.807) is 13.2 Å². The highest BCUT2D eigenvalue weighted by atomic mass is 19.2. The number of likely N-dealkylation sites (tertiary alicyclic amines) is 1. The smallest absolute Gasteiger partial charge is 0.228 e. The van der Waals surface area contributed by atoms with E-state index in [4.69, 9.17) is 4.74 Å². The van der Waals surface area contributed by atoms with E-state index >= 15 is 0 Å². The zero-order valence-corrected chi connectivity index (χ0v) is 18.0. The Morgan fingerprint density at radius 2 is 1.84 bits per heavy atom. The monoisotopic (exact) mass is 436 g/mol. The van der Waals surface area contributed by atoms with Crippen molar-refractivity contribution in [3.05, 3.63) is 83.9 Å². The summed E-state index contributed by atoms with van der Waals surface area (Å²) in [5, 5.41) is 3.08. The summed E-state index contributed by atoms with van der Waals surface area (Å²) in [6, 6.07) is 19.6. The lowest BCUT2D eigenvalue weighted by molar-refractivity contribution is -0.121. The fraction of sp³-hybridized carbons (Fsp3) is 0.269. The van der Waals surface area contributed by atoms with E-state index in [9.17, 15) is 13.6 Å². The van der Waals surface area contributed by atoms with Gasteiger partial charge in [0.15, 0.2) is 11.6 Å². The van der Waals surface area contributed by atoms with Crippen LogP contribution in [0.5, 0.6) is 5.75 Å². The number of benzene rings is 3. The van der Waals surface area contributed by atoms with Gasteiger partial charge in [-0.3, -0.25) is 9.69 Å². The first-order valence-electron chi connectivity index (χ1n) is 10.7. The third kappa shape index (κ3) is 4.97. The lowest BCUT2D eigenvalue weighted by Crippen LogP contribution is -2.40.